The van der Waals surface area contributed by atoms with E-state index >= 15 is 0 Å². The summed E-state index contributed by atoms with van der Waals surface area (Å²) >= 11 is 2.09. The molecule has 1 spiro atoms. The Morgan fingerprint density at radius 3 is 2.00 bits per heavy atom. The third-order valence-electron chi connectivity index (χ3n) is 5.38. The van der Waals surface area contributed by atoms with E-state index in [4.69, 9.17) is 0 Å². The smallest absolute Gasteiger partial charge is 0.253 e. The molecule has 1 amide bonds. The second-order valence-electron chi connectivity index (χ2n) is 6.86. The van der Waals surface area contributed by atoms with Gasteiger partial charge in [0.2, 0.25) is 0 Å². The standard InChI is InChI=1S/C21H24N2OS.2C2H6/c24-20(19-9-5-2-6-10-19)22-13-11-21(12-14-22)23(15-16-25-21)17-18-7-3-1-4-8-18;2*1-2/h1-10H,11-17H2;2*1-2H3. The number of amides is 1. The predicted molar refractivity (Wildman–Crippen MR) is 126 cm³/mol. The molecule has 2 aliphatic heterocycles. The van der Waals surface area contributed by atoms with Crippen LogP contribution in [0.4, 0.5) is 0 Å². The summed E-state index contributed by atoms with van der Waals surface area (Å²) in [5.41, 5.74) is 2.19. The highest BCUT2D eigenvalue weighted by Crippen LogP contribution is 2.44. The fraction of sp³-hybridized carbons (Fsp3) is 0.480. The summed E-state index contributed by atoms with van der Waals surface area (Å²) in [6.45, 7) is 11.9. The molecule has 2 heterocycles. The molecule has 3 nitrogen and oxygen atoms in total. The minimum atomic E-state index is 0.174. The monoisotopic (exact) mass is 412 g/mol. The lowest BCUT2D eigenvalue weighted by Crippen LogP contribution is -2.51. The molecule has 0 aliphatic carbocycles. The van der Waals surface area contributed by atoms with E-state index in [1.165, 1.54) is 11.3 Å². The first kappa shape index (κ1) is 23.5. The van der Waals surface area contributed by atoms with Crippen LogP contribution in [0.1, 0.15) is 56.5 Å². The van der Waals surface area contributed by atoms with Crippen LogP contribution in [0, 0.1) is 0 Å². The van der Waals surface area contributed by atoms with Gasteiger partial charge in [0.05, 0.1) is 4.87 Å². The van der Waals surface area contributed by atoms with E-state index in [0.717, 1.165) is 44.6 Å². The number of benzene rings is 2. The summed E-state index contributed by atoms with van der Waals surface area (Å²) in [6, 6.07) is 20.4. The number of piperidine rings is 1. The highest BCUT2D eigenvalue weighted by Gasteiger charge is 2.44. The van der Waals surface area contributed by atoms with Crippen molar-refractivity contribution in [2.45, 2.75) is 52.0 Å². The zero-order valence-electron chi connectivity index (χ0n) is 18.4. The Hall–Kier alpha value is -1.78. The summed E-state index contributed by atoms with van der Waals surface area (Å²) in [5.74, 6) is 1.37. The van der Waals surface area contributed by atoms with Crippen molar-refractivity contribution in [2.24, 2.45) is 0 Å². The number of carbonyl (C=O) groups excluding carboxylic acids is 1. The molecule has 4 heteroatoms. The van der Waals surface area contributed by atoms with Crippen molar-refractivity contribution in [3.8, 4) is 0 Å². The lowest BCUT2D eigenvalue weighted by atomic mass is 10.0. The van der Waals surface area contributed by atoms with Gasteiger partial charge < -0.3 is 4.90 Å². The molecule has 158 valence electrons. The molecule has 0 N–H and O–H groups in total. The zero-order chi connectivity index (χ0) is 21.1. The number of hydrogen-bond donors (Lipinski definition) is 0. The number of rotatable bonds is 3. The van der Waals surface area contributed by atoms with Gasteiger partial charge in [-0.15, -0.1) is 11.8 Å². The number of nitrogens with zero attached hydrogens (tertiary/aromatic N) is 2. The third kappa shape index (κ3) is 5.86. The molecule has 2 fully saturated rings. The van der Waals surface area contributed by atoms with Crippen LogP contribution in [0.5, 0.6) is 0 Å². The molecular weight excluding hydrogens is 376 g/mol. The first-order chi connectivity index (χ1) is 14.3. The Kier molecular flexibility index (Phi) is 9.75. The molecule has 29 heavy (non-hydrogen) atoms. The van der Waals surface area contributed by atoms with E-state index in [1.807, 2.05) is 62.9 Å². The topological polar surface area (TPSA) is 23.6 Å². The summed E-state index contributed by atoms with van der Waals surface area (Å²) in [5, 5.41) is 0. The van der Waals surface area contributed by atoms with E-state index in [2.05, 4.69) is 47.0 Å². The summed E-state index contributed by atoms with van der Waals surface area (Å²) < 4.78 is 0. The van der Waals surface area contributed by atoms with E-state index in [1.54, 1.807) is 0 Å². The largest absolute Gasteiger partial charge is 0.338 e. The lowest BCUT2D eigenvalue weighted by molar-refractivity contribution is 0.0581. The molecule has 0 saturated carbocycles. The molecule has 4 rings (SSSR count). The van der Waals surface area contributed by atoms with Crippen molar-refractivity contribution in [3.05, 3.63) is 71.8 Å². The number of carbonyl (C=O) groups is 1. The van der Waals surface area contributed by atoms with Crippen LogP contribution in [0.15, 0.2) is 60.7 Å². The Bertz CT molecular complexity index is 712. The van der Waals surface area contributed by atoms with Gasteiger partial charge in [0, 0.05) is 37.5 Å². The fourth-order valence-electron chi connectivity index (χ4n) is 3.95. The number of hydrogen-bond acceptors (Lipinski definition) is 3. The molecule has 2 saturated heterocycles. The van der Waals surface area contributed by atoms with Gasteiger partial charge >= 0.3 is 0 Å². The van der Waals surface area contributed by atoms with Crippen LogP contribution in [0.3, 0.4) is 0 Å². The average molecular weight is 413 g/mol. The summed E-state index contributed by atoms with van der Waals surface area (Å²) in [4.78, 5) is 17.6. The van der Waals surface area contributed by atoms with Crippen molar-refractivity contribution in [2.75, 3.05) is 25.4 Å². The van der Waals surface area contributed by atoms with Crippen LogP contribution in [0.2, 0.25) is 0 Å². The number of likely N-dealkylation sites (tertiary alicyclic amines) is 1. The quantitative estimate of drug-likeness (QED) is 0.625. The van der Waals surface area contributed by atoms with Crippen LogP contribution in [-0.4, -0.2) is 46.0 Å². The van der Waals surface area contributed by atoms with Crippen LogP contribution < -0.4 is 0 Å². The normalized spacial score (nSPS) is 17.7. The Morgan fingerprint density at radius 1 is 0.862 bits per heavy atom. The minimum Gasteiger partial charge on any atom is -0.338 e. The van der Waals surface area contributed by atoms with Crippen molar-refractivity contribution < 1.29 is 4.79 Å². The maximum atomic E-state index is 12.7. The first-order valence-corrected chi connectivity index (χ1v) is 12.0. The van der Waals surface area contributed by atoms with E-state index in [0.29, 0.717) is 0 Å². The molecular formula is C25H36N2OS. The van der Waals surface area contributed by atoms with Gasteiger partial charge in [0.25, 0.3) is 5.91 Å². The van der Waals surface area contributed by atoms with Crippen molar-refractivity contribution in [1.82, 2.24) is 9.80 Å². The second kappa shape index (κ2) is 12.0. The molecule has 2 aromatic carbocycles. The van der Waals surface area contributed by atoms with E-state index in [9.17, 15) is 4.79 Å². The van der Waals surface area contributed by atoms with E-state index < -0.39 is 0 Å². The fourth-order valence-corrected chi connectivity index (χ4v) is 5.45. The van der Waals surface area contributed by atoms with Gasteiger partial charge in [-0.2, -0.15) is 0 Å². The first-order valence-electron chi connectivity index (χ1n) is 11.0. The summed E-state index contributed by atoms with van der Waals surface area (Å²) in [7, 11) is 0. The van der Waals surface area contributed by atoms with Gasteiger partial charge in [0.1, 0.15) is 0 Å². The highest BCUT2D eigenvalue weighted by atomic mass is 32.2. The SMILES string of the molecule is CC.CC.O=C(c1ccccc1)N1CCC2(CC1)SCCN2Cc1ccccc1. The maximum Gasteiger partial charge on any atom is 0.253 e. The van der Waals surface area contributed by atoms with Gasteiger partial charge in [-0.1, -0.05) is 76.2 Å². The highest BCUT2D eigenvalue weighted by molar-refractivity contribution is 8.00. The van der Waals surface area contributed by atoms with E-state index in [-0.39, 0.29) is 10.8 Å². The van der Waals surface area contributed by atoms with Gasteiger partial charge in [0.15, 0.2) is 0 Å². The Labute approximate surface area is 181 Å². The molecule has 0 atom stereocenters. The molecule has 0 aromatic heterocycles. The average Bonchev–Trinajstić information content (AvgIpc) is 3.19. The second-order valence-corrected chi connectivity index (χ2v) is 8.32. The third-order valence-corrected chi connectivity index (χ3v) is 6.97. The van der Waals surface area contributed by atoms with Gasteiger partial charge in [-0.25, -0.2) is 0 Å². The Morgan fingerprint density at radius 2 is 1.41 bits per heavy atom. The van der Waals surface area contributed by atoms with Crippen molar-refractivity contribution >= 4 is 17.7 Å². The van der Waals surface area contributed by atoms with Crippen molar-refractivity contribution in [3.63, 3.8) is 0 Å². The molecule has 0 radical (unpaired) electrons. The van der Waals surface area contributed by atoms with Gasteiger partial charge in [-0.05, 0) is 30.5 Å². The molecule has 2 aliphatic rings. The van der Waals surface area contributed by atoms with Crippen LogP contribution in [0.25, 0.3) is 0 Å². The minimum absolute atomic E-state index is 0.174. The lowest BCUT2D eigenvalue weighted by Gasteiger charge is -2.44. The summed E-state index contributed by atoms with van der Waals surface area (Å²) in [6.07, 6.45) is 2.12. The van der Waals surface area contributed by atoms with Crippen LogP contribution >= 0.6 is 11.8 Å². The van der Waals surface area contributed by atoms with Crippen molar-refractivity contribution in [1.29, 1.82) is 0 Å². The molecule has 0 bridgehead atoms. The molecule has 2 aromatic rings. The molecule has 0 unspecified atom stereocenters. The zero-order valence-corrected chi connectivity index (χ0v) is 19.3. The van der Waals surface area contributed by atoms with Gasteiger partial charge in [-0.3, -0.25) is 9.69 Å². The van der Waals surface area contributed by atoms with Crippen LogP contribution in [-0.2, 0) is 6.54 Å². The number of thioether (sulfide) groups is 1. The maximum absolute atomic E-state index is 12.7. The Balaban J connectivity index is 0.000000707. The predicted octanol–water partition coefficient (Wildman–Crippen LogP) is 5.92.